The number of halogens is 1. The first-order chi connectivity index (χ1) is 7.74. The first kappa shape index (κ1) is 11.2. The number of rotatable bonds is 5. The van der Waals surface area contributed by atoms with Crippen LogP contribution in [0.2, 0.25) is 5.02 Å². The number of nitrogens with zero attached hydrogens (tertiary/aromatic N) is 1. The summed E-state index contributed by atoms with van der Waals surface area (Å²) in [7, 11) is 0. The van der Waals surface area contributed by atoms with E-state index in [1.807, 2.05) is 0 Å². The summed E-state index contributed by atoms with van der Waals surface area (Å²) in [4.78, 5) is 15.4. The van der Waals surface area contributed by atoms with Crippen LogP contribution in [0.1, 0.15) is 19.3 Å². The van der Waals surface area contributed by atoms with Gasteiger partial charge in [-0.25, -0.2) is 4.98 Å². The number of hydrogen-bond donors (Lipinski definition) is 2. The lowest BCUT2D eigenvalue weighted by Crippen LogP contribution is -2.27. The van der Waals surface area contributed by atoms with E-state index in [-0.39, 0.29) is 5.91 Å². The van der Waals surface area contributed by atoms with E-state index in [1.165, 1.54) is 0 Å². The number of anilines is 1. The molecular weight excluding hydrogens is 226 g/mol. The van der Waals surface area contributed by atoms with Gasteiger partial charge in [-0.2, -0.15) is 0 Å². The SMILES string of the molecule is O=C(CCNc1ccc(Cl)cn1)NC1CC1. The zero-order chi connectivity index (χ0) is 11.4. The quantitative estimate of drug-likeness (QED) is 0.824. The Morgan fingerprint density at radius 3 is 2.94 bits per heavy atom. The van der Waals surface area contributed by atoms with Gasteiger partial charge in [-0.3, -0.25) is 4.79 Å². The Kier molecular flexibility index (Phi) is 3.62. The van der Waals surface area contributed by atoms with Crippen LogP contribution in [0.4, 0.5) is 5.82 Å². The lowest BCUT2D eigenvalue weighted by Gasteiger charge is -2.05. The van der Waals surface area contributed by atoms with Crippen LogP contribution in [-0.2, 0) is 4.79 Å². The smallest absolute Gasteiger partial charge is 0.221 e. The molecule has 0 saturated heterocycles. The van der Waals surface area contributed by atoms with Crippen LogP contribution in [-0.4, -0.2) is 23.5 Å². The maximum absolute atomic E-state index is 11.3. The zero-order valence-electron chi connectivity index (χ0n) is 8.87. The Labute approximate surface area is 99.4 Å². The molecule has 1 amide bonds. The molecule has 1 aliphatic rings. The first-order valence-electron chi connectivity index (χ1n) is 5.39. The van der Waals surface area contributed by atoms with Crippen molar-refractivity contribution in [3.63, 3.8) is 0 Å². The van der Waals surface area contributed by atoms with E-state index in [1.54, 1.807) is 18.3 Å². The Hall–Kier alpha value is -1.29. The molecule has 0 unspecified atom stereocenters. The van der Waals surface area contributed by atoms with E-state index in [4.69, 9.17) is 11.6 Å². The molecule has 1 aliphatic carbocycles. The van der Waals surface area contributed by atoms with Gasteiger partial charge in [0.1, 0.15) is 5.82 Å². The predicted octanol–water partition coefficient (Wildman–Crippen LogP) is 1.82. The molecule has 1 aromatic rings. The van der Waals surface area contributed by atoms with Gasteiger partial charge in [-0.1, -0.05) is 11.6 Å². The summed E-state index contributed by atoms with van der Waals surface area (Å²) in [6.45, 7) is 0.590. The van der Waals surface area contributed by atoms with Crippen molar-refractivity contribution in [2.45, 2.75) is 25.3 Å². The lowest BCUT2D eigenvalue weighted by atomic mass is 10.3. The van der Waals surface area contributed by atoms with Crippen molar-refractivity contribution in [3.8, 4) is 0 Å². The fourth-order valence-corrected chi connectivity index (χ4v) is 1.42. The average Bonchev–Trinajstić information content (AvgIpc) is 3.05. The molecule has 16 heavy (non-hydrogen) atoms. The molecule has 2 N–H and O–H groups in total. The number of pyridine rings is 1. The highest BCUT2D eigenvalue weighted by Gasteiger charge is 2.22. The topological polar surface area (TPSA) is 54.0 Å². The third-order valence-electron chi connectivity index (χ3n) is 2.33. The second-order valence-corrected chi connectivity index (χ2v) is 4.32. The molecule has 1 heterocycles. The number of amides is 1. The highest BCUT2D eigenvalue weighted by molar-refractivity contribution is 6.30. The van der Waals surface area contributed by atoms with Crippen molar-refractivity contribution in [3.05, 3.63) is 23.4 Å². The molecular formula is C11H14ClN3O. The predicted molar refractivity (Wildman–Crippen MR) is 63.5 cm³/mol. The largest absolute Gasteiger partial charge is 0.370 e. The maximum atomic E-state index is 11.3. The third kappa shape index (κ3) is 3.70. The Morgan fingerprint density at radius 2 is 2.31 bits per heavy atom. The van der Waals surface area contributed by atoms with E-state index in [2.05, 4.69) is 15.6 Å². The molecule has 0 atom stereocenters. The first-order valence-corrected chi connectivity index (χ1v) is 5.76. The highest BCUT2D eigenvalue weighted by Crippen LogP contribution is 2.18. The van der Waals surface area contributed by atoms with Crippen molar-refractivity contribution >= 4 is 23.3 Å². The van der Waals surface area contributed by atoms with E-state index >= 15 is 0 Å². The number of aromatic nitrogens is 1. The Bertz CT molecular complexity index is 362. The third-order valence-corrected chi connectivity index (χ3v) is 2.55. The monoisotopic (exact) mass is 239 g/mol. The molecule has 0 aromatic carbocycles. The molecule has 1 saturated carbocycles. The fraction of sp³-hybridized carbons (Fsp3) is 0.455. The van der Waals surface area contributed by atoms with E-state index in [9.17, 15) is 4.79 Å². The van der Waals surface area contributed by atoms with Crippen molar-refractivity contribution in [1.82, 2.24) is 10.3 Å². The second-order valence-electron chi connectivity index (χ2n) is 3.88. The number of carbonyl (C=O) groups is 1. The summed E-state index contributed by atoms with van der Waals surface area (Å²) >= 11 is 5.71. The maximum Gasteiger partial charge on any atom is 0.221 e. The van der Waals surface area contributed by atoms with Gasteiger partial charge in [0.25, 0.3) is 0 Å². The van der Waals surface area contributed by atoms with Crippen LogP contribution in [0.25, 0.3) is 0 Å². The molecule has 0 aliphatic heterocycles. The van der Waals surface area contributed by atoms with Crippen LogP contribution in [0.15, 0.2) is 18.3 Å². The molecule has 1 aromatic heterocycles. The highest BCUT2D eigenvalue weighted by atomic mass is 35.5. The standard InChI is InChI=1S/C11H14ClN3O/c12-8-1-4-10(14-7-8)13-6-5-11(16)15-9-2-3-9/h1,4,7,9H,2-3,5-6H2,(H,13,14)(H,15,16). The fourth-order valence-electron chi connectivity index (χ4n) is 1.31. The normalized spacial score (nSPS) is 14.6. The minimum Gasteiger partial charge on any atom is -0.370 e. The van der Waals surface area contributed by atoms with Gasteiger partial charge < -0.3 is 10.6 Å². The molecule has 0 bridgehead atoms. The van der Waals surface area contributed by atoms with Crippen molar-refractivity contribution in [1.29, 1.82) is 0 Å². The van der Waals surface area contributed by atoms with E-state index in [0.717, 1.165) is 18.7 Å². The molecule has 1 fully saturated rings. The van der Waals surface area contributed by atoms with Crippen LogP contribution < -0.4 is 10.6 Å². The molecule has 5 heteroatoms. The molecule has 2 rings (SSSR count). The van der Waals surface area contributed by atoms with Crippen molar-refractivity contribution < 1.29 is 4.79 Å². The molecule has 0 radical (unpaired) electrons. The van der Waals surface area contributed by atoms with Gasteiger partial charge >= 0.3 is 0 Å². The molecule has 86 valence electrons. The summed E-state index contributed by atoms with van der Waals surface area (Å²) in [5.74, 6) is 0.840. The second kappa shape index (κ2) is 5.16. The Morgan fingerprint density at radius 1 is 1.50 bits per heavy atom. The van der Waals surface area contributed by atoms with Gasteiger partial charge in [0.2, 0.25) is 5.91 Å². The number of nitrogens with one attached hydrogen (secondary N) is 2. The van der Waals surface area contributed by atoms with Crippen LogP contribution >= 0.6 is 11.6 Å². The summed E-state index contributed by atoms with van der Waals surface area (Å²) in [5.41, 5.74) is 0. The summed E-state index contributed by atoms with van der Waals surface area (Å²) in [6, 6.07) is 3.99. The molecule has 4 nitrogen and oxygen atoms in total. The van der Waals surface area contributed by atoms with Gasteiger partial charge in [0, 0.05) is 25.2 Å². The van der Waals surface area contributed by atoms with Crippen molar-refractivity contribution in [2.24, 2.45) is 0 Å². The van der Waals surface area contributed by atoms with Gasteiger partial charge in [0.05, 0.1) is 5.02 Å². The minimum absolute atomic E-state index is 0.101. The summed E-state index contributed by atoms with van der Waals surface area (Å²) < 4.78 is 0. The summed E-state index contributed by atoms with van der Waals surface area (Å²) in [6.07, 6.45) is 4.30. The van der Waals surface area contributed by atoms with Gasteiger partial charge in [-0.15, -0.1) is 0 Å². The van der Waals surface area contributed by atoms with Gasteiger partial charge in [-0.05, 0) is 25.0 Å². The van der Waals surface area contributed by atoms with Crippen LogP contribution in [0, 0.1) is 0 Å². The zero-order valence-corrected chi connectivity index (χ0v) is 9.63. The van der Waals surface area contributed by atoms with Gasteiger partial charge in [0.15, 0.2) is 0 Å². The lowest BCUT2D eigenvalue weighted by molar-refractivity contribution is -0.120. The summed E-state index contributed by atoms with van der Waals surface area (Å²) in [5, 5.41) is 6.60. The number of carbonyl (C=O) groups excluding carboxylic acids is 1. The van der Waals surface area contributed by atoms with Crippen molar-refractivity contribution in [2.75, 3.05) is 11.9 Å². The van der Waals surface area contributed by atoms with E-state index in [0.29, 0.717) is 24.0 Å². The number of hydrogen-bond acceptors (Lipinski definition) is 3. The van der Waals surface area contributed by atoms with Crippen LogP contribution in [0.5, 0.6) is 0 Å². The minimum atomic E-state index is 0.101. The molecule has 0 spiro atoms. The van der Waals surface area contributed by atoms with E-state index < -0.39 is 0 Å². The van der Waals surface area contributed by atoms with Crippen LogP contribution in [0.3, 0.4) is 0 Å². The average molecular weight is 240 g/mol. The Balaban J connectivity index is 1.66.